The lowest BCUT2D eigenvalue weighted by atomic mass is 10.1. The molecular formula is C14H20N2O3. The third-order valence-electron chi connectivity index (χ3n) is 3.50. The van der Waals surface area contributed by atoms with E-state index < -0.39 is 0 Å². The van der Waals surface area contributed by atoms with Crippen LogP contribution < -0.4 is 10.1 Å². The highest BCUT2D eigenvalue weighted by molar-refractivity contribution is 5.97. The molecule has 0 saturated carbocycles. The Labute approximate surface area is 113 Å². The summed E-state index contributed by atoms with van der Waals surface area (Å²) >= 11 is 0. The number of ether oxygens (including phenoxy) is 1. The minimum atomic E-state index is -0.130. The SMILES string of the molecule is CNCC1CCN(C(=O)c2cc(OC)ccc2O)C1. The van der Waals surface area contributed by atoms with Crippen molar-refractivity contribution in [3.8, 4) is 11.5 Å². The van der Waals surface area contributed by atoms with E-state index in [0.29, 0.717) is 17.2 Å². The molecule has 19 heavy (non-hydrogen) atoms. The largest absolute Gasteiger partial charge is 0.507 e. The van der Waals surface area contributed by atoms with E-state index in [4.69, 9.17) is 4.74 Å². The van der Waals surface area contributed by atoms with E-state index in [1.165, 1.54) is 6.07 Å². The first-order valence-electron chi connectivity index (χ1n) is 6.46. The van der Waals surface area contributed by atoms with Crippen molar-refractivity contribution in [1.82, 2.24) is 10.2 Å². The molecule has 1 atom stereocenters. The van der Waals surface area contributed by atoms with Gasteiger partial charge in [-0.05, 0) is 44.1 Å². The first-order valence-corrected chi connectivity index (χ1v) is 6.46. The second-order valence-electron chi connectivity index (χ2n) is 4.85. The van der Waals surface area contributed by atoms with Gasteiger partial charge in [-0.2, -0.15) is 0 Å². The number of benzene rings is 1. The normalized spacial score (nSPS) is 18.6. The zero-order chi connectivity index (χ0) is 13.8. The van der Waals surface area contributed by atoms with Crippen molar-refractivity contribution in [2.45, 2.75) is 6.42 Å². The number of nitrogens with zero attached hydrogens (tertiary/aromatic N) is 1. The number of likely N-dealkylation sites (tertiary alicyclic amines) is 1. The summed E-state index contributed by atoms with van der Waals surface area (Å²) in [7, 11) is 3.46. The van der Waals surface area contributed by atoms with Crippen molar-refractivity contribution in [3.63, 3.8) is 0 Å². The average Bonchev–Trinajstić information content (AvgIpc) is 2.88. The molecule has 1 fully saturated rings. The van der Waals surface area contributed by atoms with Gasteiger partial charge in [0, 0.05) is 13.1 Å². The Morgan fingerprint density at radius 3 is 3.05 bits per heavy atom. The van der Waals surface area contributed by atoms with Gasteiger partial charge in [0.2, 0.25) is 0 Å². The minimum Gasteiger partial charge on any atom is -0.507 e. The molecule has 2 N–H and O–H groups in total. The number of rotatable bonds is 4. The molecule has 0 aliphatic carbocycles. The van der Waals surface area contributed by atoms with E-state index in [0.717, 1.165) is 26.1 Å². The number of phenols is 1. The van der Waals surface area contributed by atoms with Gasteiger partial charge in [-0.1, -0.05) is 0 Å². The quantitative estimate of drug-likeness (QED) is 0.854. The predicted molar refractivity (Wildman–Crippen MR) is 72.6 cm³/mol. The molecular weight excluding hydrogens is 244 g/mol. The molecule has 1 unspecified atom stereocenters. The van der Waals surface area contributed by atoms with Gasteiger partial charge in [0.25, 0.3) is 5.91 Å². The molecule has 1 saturated heterocycles. The Morgan fingerprint density at radius 2 is 2.37 bits per heavy atom. The number of carbonyl (C=O) groups excluding carboxylic acids is 1. The molecule has 0 aromatic heterocycles. The fourth-order valence-corrected chi connectivity index (χ4v) is 2.46. The van der Waals surface area contributed by atoms with Crippen molar-refractivity contribution in [2.24, 2.45) is 5.92 Å². The van der Waals surface area contributed by atoms with Crippen LogP contribution in [0.4, 0.5) is 0 Å². The van der Waals surface area contributed by atoms with Crippen LogP contribution in [0.25, 0.3) is 0 Å². The highest BCUT2D eigenvalue weighted by Crippen LogP contribution is 2.26. The van der Waals surface area contributed by atoms with E-state index in [-0.39, 0.29) is 11.7 Å². The van der Waals surface area contributed by atoms with E-state index in [9.17, 15) is 9.90 Å². The zero-order valence-corrected chi connectivity index (χ0v) is 11.3. The minimum absolute atomic E-state index is 0.00265. The molecule has 104 valence electrons. The molecule has 0 bridgehead atoms. The average molecular weight is 264 g/mol. The van der Waals surface area contributed by atoms with Gasteiger partial charge in [-0.25, -0.2) is 0 Å². The Morgan fingerprint density at radius 1 is 1.58 bits per heavy atom. The zero-order valence-electron chi connectivity index (χ0n) is 11.3. The summed E-state index contributed by atoms with van der Waals surface area (Å²) in [6, 6.07) is 4.72. The van der Waals surface area contributed by atoms with E-state index >= 15 is 0 Å². The van der Waals surface area contributed by atoms with Gasteiger partial charge in [0.15, 0.2) is 0 Å². The molecule has 0 spiro atoms. The van der Waals surface area contributed by atoms with Crippen LogP contribution in [0.5, 0.6) is 11.5 Å². The summed E-state index contributed by atoms with van der Waals surface area (Å²) < 4.78 is 5.09. The van der Waals surface area contributed by atoms with Gasteiger partial charge in [0.1, 0.15) is 11.5 Å². The Balaban J connectivity index is 2.12. The highest BCUT2D eigenvalue weighted by atomic mass is 16.5. The maximum atomic E-state index is 12.4. The van der Waals surface area contributed by atoms with Crippen molar-refractivity contribution in [1.29, 1.82) is 0 Å². The maximum absolute atomic E-state index is 12.4. The number of methoxy groups -OCH3 is 1. The fraction of sp³-hybridized carbons (Fsp3) is 0.500. The predicted octanol–water partition coefficient (Wildman–Crippen LogP) is 1.08. The van der Waals surface area contributed by atoms with Crippen molar-refractivity contribution >= 4 is 5.91 Å². The van der Waals surface area contributed by atoms with Crippen LogP contribution in [0.3, 0.4) is 0 Å². The number of carbonyl (C=O) groups is 1. The number of hydrogen-bond donors (Lipinski definition) is 2. The Hall–Kier alpha value is -1.75. The van der Waals surface area contributed by atoms with Crippen molar-refractivity contribution in [2.75, 3.05) is 33.8 Å². The lowest BCUT2D eigenvalue weighted by Gasteiger charge is -2.17. The van der Waals surface area contributed by atoms with Gasteiger partial charge < -0.3 is 20.1 Å². The van der Waals surface area contributed by atoms with Crippen LogP contribution in [-0.2, 0) is 0 Å². The van der Waals surface area contributed by atoms with Gasteiger partial charge in [0.05, 0.1) is 12.7 Å². The first-order chi connectivity index (χ1) is 9.15. The van der Waals surface area contributed by atoms with Crippen LogP contribution in [-0.4, -0.2) is 49.7 Å². The first kappa shape index (κ1) is 13.7. The van der Waals surface area contributed by atoms with Crippen LogP contribution in [0.2, 0.25) is 0 Å². The number of aromatic hydroxyl groups is 1. The highest BCUT2D eigenvalue weighted by Gasteiger charge is 2.27. The van der Waals surface area contributed by atoms with E-state index in [2.05, 4.69) is 5.32 Å². The third-order valence-corrected chi connectivity index (χ3v) is 3.50. The second kappa shape index (κ2) is 5.93. The molecule has 1 heterocycles. The molecule has 2 rings (SSSR count). The maximum Gasteiger partial charge on any atom is 0.257 e. The van der Waals surface area contributed by atoms with Crippen LogP contribution in [0, 0.1) is 5.92 Å². The summed E-state index contributed by atoms with van der Waals surface area (Å²) in [6.45, 7) is 2.38. The number of amides is 1. The van der Waals surface area contributed by atoms with E-state index in [1.807, 2.05) is 7.05 Å². The van der Waals surface area contributed by atoms with Gasteiger partial charge in [-0.15, -0.1) is 0 Å². The number of hydrogen-bond acceptors (Lipinski definition) is 4. The Kier molecular flexibility index (Phi) is 4.27. The topological polar surface area (TPSA) is 61.8 Å². The smallest absolute Gasteiger partial charge is 0.257 e. The number of phenolic OH excluding ortho intramolecular Hbond substituents is 1. The molecule has 1 aliphatic rings. The summed E-state index contributed by atoms with van der Waals surface area (Å²) in [5.41, 5.74) is 0.310. The second-order valence-corrected chi connectivity index (χ2v) is 4.85. The molecule has 5 heteroatoms. The molecule has 1 aliphatic heterocycles. The van der Waals surface area contributed by atoms with Crippen LogP contribution >= 0.6 is 0 Å². The van der Waals surface area contributed by atoms with Crippen molar-refractivity contribution < 1.29 is 14.6 Å². The fourth-order valence-electron chi connectivity index (χ4n) is 2.46. The summed E-state index contributed by atoms with van der Waals surface area (Å²) in [5.74, 6) is 0.937. The van der Waals surface area contributed by atoms with Crippen molar-refractivity contribution in [3.05, 3.63) is 23.8 Å². The summed E-state index contributed by atoms with van der Waals surface area (Å²) in [6.07, 6.45) is 0.997. The molecule has 1 aromatic carbocycles. The molecule has 0 radical (unpaired) electrons. The number of nitrogens with one attached hydrogen (secondary N) is 1. The van der Waals surface area contributed by atoms with Gasteiger partial charge in [-0.3, -0.25) is 4.79 Å². The summed E-state index contributed by atoms with van der Waals surface area (Å²) in [4.78, 5) is 14.2. The monoisotopic (exact) mass is 264 g/mol. The van der Waals surface area contributed by atoms with Gasteiger partial charge >= 0.3 is 0 Å². The third kappa shape index (κ3) is 2.98. The lowest BCUT2D eigenvalue weighted by Crippen LogP contribution is -2.30. The summed E-state index contributed by atoms with van der Waals surface area (Å²) in [5, 5.41) is 12.9. The molecule has 5 nitrogen and oxygen atoms in total. The van der Waals surface area contributed by atoms with Crippen LogP contribution in [0.1, 0.15) is 16.8 Å². The van der Waals surface area contributed by atoms with Crippen LogP contribution in [0.15, 0.2) is 18.2 Å². The lowest BCUT2D eigenvalue weighted by molar-refractivity contribution is 0.0784. The van der Waals surface area contributed by atoms with E-state index in [1.54, 1.807) is 24.1 Å². The Bertz CT molecular complexity index is 462. The molecule has 1 aromatic rings. The standard InChI is InChI=1S/C14H20N2O3/c1-15-8-10-5-6-16(9-10)14(18)12-7-11(19-2)3-4-13(12)17/h3-4,7,10,15,17H,5-6,8-9H2,1-2H3. The molecule has 1 amide bonds.